The van der Waals surface area contributed by atoms with Crippen molar-refractivity contribution in [3.05, 3.63) is 57.6 Å². The number of carbonyl (C=O) groups is 3. The Morgan fingerprint density at radius 3 is 2.38 bits per heavy atom. The van der Waals surface area contributed by atoms with Gasteiger partial charge in [0.2, 0.25) is 11.8 Å². The summed E-state index contributed by atoms with van der Waals surface area (Å²) in [5.41, 5.74) is 2.95. The molecule has 0 radical (unpaired) electrons. The Morgan fingerprint density at radius 2 is 1.65 bits per heavy atom. The summed E-state index contributed by atoms with van der Waals surface area (Å²) < 4.78 is 0. The second kappa shape index (κ2) is 11.1. The maximum atomic E-state index is 13.1. The smallest absolute Gasteiger partial charge is 0.247 e. The number of Topliss-reactive ketones (excluding diaryl/α,β-unsaturated/α-hetero) is 1. The fourth-order valence-corrected chi connectivity index (χ4v) is 6.46. The van der Waals surface area contributed by atoms with E-state index in [1.165, 1.54) is 19.3 Å². The first-order valence-corrected chi connectivity index (χ1v) is 14.0. The van der Waals surface area contributed by atoms with E-state index in [2.05, 4.69) is 10.2 Å². The molecule has 2 unspecified atom stereocenters. The minimum absolute atomic E-state index is 0.0539. The number of halogens is 2. The normalized spacial score (nSPS) is 23.1. The van der Waals surface area contributed by atoms with Gasteiger partial charge in [0, 0.05) is 49.8 Å². The third kappa shape index (κ3) is 5.29. The highest BCUT2D eigenvalue weighted by atomic mass is 35.5. The molecular weight excluding hydrogens is 509 g/mol. The van der Waals surface area contributed by atoms with E-state index in [0.29, 0.717) is 41.2 Å². The third-order valence-electron chi connectivity index (χ3n) is 8.16. The number of likely N-dealkylation sites (tertiary alicyclic amines) is 1. The van der Waals surface area contributed by atoms with E-state index in [0.717, 1.165) is 42.5 Å². The summed E-state index contributed by atoms with van der Waals surface area (Å²) in [4.78, 5) is 42.1. The number of benzene rings is 2. The SMILES string of the molecule is CN1CCNC(C(=O)c2ccc(-c3ccc(CC4CCN(C5CCCCC5)C4=O)c(Cl)c3Cl)cc2)C1=O. The average molecular weight is 543 g/mol. The highest BCUT2D eigenvalue weighted by Gasteiger charge is 2.36. The highest BCUT2D eigenvalue weighted by Crippen LogP contribution is 2.38. The summed E-state index contributed by atoms with van der Waals surface area (Å²) in [7, 11) is 1.71. The van der Waals surface area contributed by atoms with Crippen LogP contribution in [0.2, 0.25) is 10.0 Å². The van der Waals surface area contributed by atoms with Crippen LogP contribution in [0.25, 0.3) is 11.1 Å². The van der Waals surface area contributed by atoms with Crippen molar-refractivity contribution >= 4 is 40.8 Å². The number of piperazine rings is 1. The summed E-state index contributed by atoms with van der Waals surface area (Å²) in [6.45, 7) is 2.01. The van der Waals surface area contributed by atoms with Crippen LogP contribution in [0.3, 0.4) is 0 Å². The summed E-state index contributed by atoms with van der Waals surface area (Å²) in [5.74, 6) is -0.262. The Balaban J connectivity index is 1.28. The number of likely N-dealkylation sites (N-methyl/N-ethyl adjacent to an activating group) is 1. The summed E-state index contributed by atoms with van der Waals surface area (Å²) in [6.07, 6.45) is 7.38. The van der Waals surface area contributed by atoms with Crippen LogP contribution in [0.15, 0.2) is 36.4 Å². The van der Waals surface area contributed by atoms with Crippen molar-refractivity contribution < 1.29 is 14.4 Å². The lowest BCUT2D eigenvalue weighted by molar-refractivity contribution is -0.133. The molecule has 6 nitrogen and oxygen atoms in total. The third-order valence-corrected chi connectivity index (χ3v) is 9.08. The first kappa shape index (κ1) is 26.2. The van der Waals surface area contributed by atoms with Gasteiger partial charge in [-0.15, -0.1) is 0 Å². The van der Waals surface area contributed by atoms with E-state index in [4.69, 9.17) is 23.2 Å². The molecule has 0 bridgehead atoms. The second-order valence-corrected chi connectivity index (χ2v) is 11.3. The monoisotopic (exact) mass is 541 g/mol. The van der Waals surface area contributed by atoms with Crippen molar-refractivity contribution in [2.75, 3.05) is 26.7 Å². The van der Waals surface area contributed by atoms with Gasteiger partial charge in [0.15, 0.2) is 11.8 Å². The topological polar surface area (TPSA) is 69.7 Å². The highest BCUT2D eigenvalue weighted by molar-refractivity contribution is 6.44. The number of amides is 2. The second-order valence-electron chi connectivity index (χ2n) is 10.5. The van der Waals surface area contributed by atoms with E-state index in [1.807, 2.05) is 24.3 Å². The number of rotatable bonds is 6. The predicted octanol–water partition coefficient (Wildman–Crippen LogP) is 5.00. The molecule has 2 aromatic rings. The van der Waals surface area contributed by atoms with Crippen LogP contribution in [-0.2, 0) is 16.0 Å². The largest absolute Gasteiger partial charge is 0.343 e. The van der Waals surface area contributed by atoms with E-state index in [1.54, 1.807) is 24.1 Å². The molecule has 1 N–H and O–H groups in total. The van der Waals surface area contributed by atoms with Crippen molar-refractivity contribution in [1.29, 1.82) is 0 Å². The molecule has 0 aromatic heterocycles. The molecule has 3 fully saturated rings. The molecule has 2 atom stereocenters. The van der Waals surface area contributed by atoms with Crippen LogP contribution in [-0.4, -0.2) is 66.2 Å². The number of nitrogens with zero attached hydrogens (tertiary/aromatic N) is 2. The van der Waals surface area contributed by atoms with Gasteiger partial charge in [-0.3, -0.25) is 19.7 Å². The van der Waals surface area contributed by atoms with Crippen molar-refractivity contribution in [3.8, 4) is 11.1 Å². The zero-order valence-electron chi connectivity index (χ0n) is 21.1. The molecule has 37 heavy (non-hydrogen) atoms. The molecule has 8 heteroatoms. The molecule has 2 heterocycles. The number of hydrogen-bond acceptors (Lipinski definition) is 4. The number of hydrogen-bond donors (Lipinski definition) is 1. The Bertz CT molecular complexity index is 1190. The minimum Gasteiger partial charge on any atom is -0.343 e. The van der Waals surface area contributed by atoms with Gasteiger partial charge in [0.1, 0.15) is 0 Å². The van der Waals surface area contributed by atoms with Crippen molar-refractivity contribution in [3.63, 3.8) is 0 Å². The van der Waals surface area contributed by atoms with Crippen molar-refractivity contribution in [2.24, 2.45) is 5.92 Å². The molecule has 1 aliphatic carbocycles. The molecule has 0 spiro atoms. The Labute approximate surface area is 228 Å². The predicted molar refractivity (Wildman–Crippen MR) is 146 cm³/mol. The van der Waals surface area contributed by atoms with Crippen LogP contribution in [0.1, 0.15) is 54.4 Å². The van der Waals surface area contributed by atoms with Crippen molar-refractivity contribution in [1.82, 2.24) is 15.1 Å². The van der Waals surface area contributed by atoms with Gasteiger partial charge < -0.3 is 9.80 Å². The lowest BCUT2D eigenvalue weighted by Crippen LogP contribution is -2.56. The maximum absolute atomic E-state index is 13.1. The van der Waals surface area contributed by atoms with Gasteiger partial charge in [-0.1, -0.05) is 78.9 Å². The molecular formula is C29H33Cl2N3O3. The first-order valence-electron chi connectivity index (χ1n) is 13.3. The Hall–Kier alpha value is -2.41. The standard InChI is InChI=1S/C29H33Cl2N3O3/c1-33-16-14-32-26(29(33)37)27(35)19-9-7-18(8-10-19)23-12-11-20(24(30)25(23)31)17-21-13-15-34(28(21)36)22-5-3-2-4-6-22/h7-12,21-22,26,32H,2-6,13-17H2,1H3. The first-order chi connectivity index (χ1) is 17.8. The van der Waals surface area contributed by atoms with Crippen LogP contribution >= 0.6 is 23.2 Å². The molecule has 5 rings (SSSR count). The average Bonchev–Trinajstić information content (AvgIpc) is 3.28. The fraction of sp³-hybridized carbons (Fsp3) is 0.483. The molecule has 196 valence electrons. The number of ketones is 1. The molecule has 2 aromatic carbocycles. The Morgan fingerprint density at radius 1 is 0.919 bits per heavy atom. The maximum Gasteiger partial charge on any atom is 0.247 e. The molecule has 2 saturated heterocycles. The molecule has 2 amide bonds. The Kier molecular flexibility index (Phi) is 7.89. The van der Waals surface area contributed by atoms with E-state index >= 15 is 0 Å². The van der Waals surface area contributed by atoms with Crippen LogP contribution in [0.4, 0.5) is 0 Å². The fourth-order valence-electron chi connectivity index (χ4n) is 5.92. The molecule has 1 saturated carbocycles. The van der Waals surface area contributed by atoms with Crippen LogP contribution in [0.5, 0.6) is 0 Å². The van der Waals surface area contributed by atoms with Gasteiger partial charge >= 0.3 is 0 Å². The zero-order valence-corrected chi connectivity index (χ0v) is 22.7. The van der Waals surface area contributed by atoms with E-state index in [-0.39, 0.29) is 23.5 Å². The summed E-state index contributed by atoms with van der Waals surface area (Å²) >= 11 is 13.4. The van der Waals surface area contributed by atoms with Gasteiger partial charge in [0.05, 0.1) is 10.0 Å². The zero-order chi connectivity index (χ0) is 26.1. The molecule has 3 aliphatic rings. The lowest BCUT2D eigenvalue weighted by atomic mass is 9.93. The minimum atomic E-state index is -0.853. The van der Waals surface area contributed by atoms with Gasteiger partial charge in [0.25, 0.3) is 0 Å². The van der Waals surface area contributed by atoms with E-state index < -0.39 is 6.04 Å². The quantitative estimate of drug-likeness (QED) is 0.412. The van der Waals surface area contributed by atoms with Crippen LogP contribution < -0.4 is 5.32 Å². The van der Waals surface area contributed by atoms with Crippen LogP contribution in [0, 0.1) is 5.92 Å². The van der Waals surface area contributed by atoms with Crippen molar-refractivity contribution in [2.45, 2.75) is 57.0 Å². The number of nitrogens with one attached hydrogen (secondary N) is 1. The van der Waals surface area contributed by atoms with Gasteiger partial charge in [-0.2, -0.15) is 0 Å². The lowest BCUT2D eigenvalue weighted by Gasteiger charge is -2.31. The van der Waals surface area contributed by atoms with Gasteiger partial charge in [-0.25, -0.2) is 0 Å². The molecule has 2 aliphatic heterocycles. The number of carbonyl (C=O) groups excluding carboxylic acids is 3. The summed E-state index contributed by atoms with van der Waals surface area (Å²) in [6, 6.07) is 10.5. The summed E-state index contributed by atoms with van der Waals surface area (Å²) in [5, 5.41) is 3.93. The van der Waals surface area contributed by atoms with Gasteiger partial charge in [-0.05, 0) is 36.8 Å². The van der Waals surface area contributed by atoms with E-state index in [9.17, 15) is 14.4 Å².